The Bertz CT molecular complexity index is 265. The van der Waals surface area contributed by atoms with Crippen molar-refractivity contribution in [2.45, 2.75) is 85.3 Å². The van der Waals surface area contributed by atoms with E-state index < -0.39 is 0 Å². The van der Waals surface area contributed by atoms with E-state index in [4.69, 9.17) is 4.74 Å². The lowest BCUT2D eigenvalue weighted by Crippen LogP contribution is -2.38. The molecule has 2 aliphatic rings. The molecular formula is C18H38N2O2. The summed E-state index contributed by atoms with van der Waals surface area (Å²) >= 11 is 0. The summed E-state index contributed by atoms with van der Waals surface area (Å²) in [4.78, 5) is 12.1. The summed E-state index contributed by atoms with van der Waals surface area (Å²) in [6, 6.07) is 0.185. The standard InChI is InChI=1S/C12H25NO.C4H7NO.C2H6/c1-12(2,3)7-10-13-8-5-11(14-4)6-9-13;6-5-4-2-1-3-4;1-2/h11H,5-10H2,1-4H3;4H,1-3H2;1-2H3. The van der Waals surface area contributed by atoms with Crippen molar-refractivity contribution in [3.05, 3.63) is 4.91 Å². The third-order valence-electron chi connectivity index (χ3n) is 4.27. The van der Waals surface area contributed by atoms with Crippen molar-refractivity contribution in [3.63, 3.8) is 0 Å². The zero-order chi connectivity index (χ0) is 17.0. The number of piperidine rings is 1. The van der Waals surface area contributed by atoms with E-state index in [1.54, 1.807) is 0 Å². The second kappa shape index (κ2) is 12.0. The van der Waals surface area contributed by atoms with Gasteiger partial charge in [-0.25, -0.2) is 0 Å². The first-order valence-electron chi connectivity index (χ1n) is 9.02. The van der Waals surface area contributed by atoms with Gasteiger partial charge in [0.1, 0.15) is 0 Å². The van der Waals surface area contributed by atoms with E-state index in [1.165, 1.54) is 45.3 Å². The average molecular weight is 315 g/mol. The van der Waals surface area contributed by atoms with Crippen molar-refractivity contribution in [1.29, 1.82) is 0 Å². The summed E-state index contributed by atoms with van der Waals surface area (Å²) in [5, 5.41) is 2.84. The third-order valence-corrected chi connectivity index (χ3v) is 4.27. The topological polar surface area (TPSA) is 41.9 Å². The van der Waals surface area contributed by atoms with Crippen LogP contribution in [0.25, 0.3) is 0 Å². The normalized spacial score (nSPS) is 20.1. The molecule has 1 saturated heterocycles. The molecule has 0 aromatic carbocycles. The zero-order valence-electron chi connectivity index (χ0n) is 15.7. The van der Waals surface area contributed by atoms with Crippen LogP contribution in [0.5, 0.6) is 0 Å². The SMILES string of the molecule is CC.COC1CCN(CCC(C)(C)C)CC1.O=NC1CCC1. The fourth-order valence-corrected chi connectivity index (χ4v) is 2.35. The molecule has 1 saturated carbocycles. The van der Waals surface area contributed by atoms with Crippen LogP contribution in [0.1, 0.15) is 73.1 Å². The molecule has 22 heavy (non-hydrogen) atoms. The van der Waals surface area contributed by atoms with E-state index in [1.807, 2.05) is 21.0 Å². The number of nitrogens with zero attached hydrogens (tertiary/aromatic N) is 2. The average Bonchev–Trinajstić information content (AvgIpc) is 2.46. The van der Waals surface area contributed by atoms with Crippen LogP contribution >= 0.6 is 0 Å². The van der Waals surface area contributed by atoms with Gasteiger partial charge in [0, 0.05) is 20.2 Å². The van der Waals surface area contributed by atoms with Gasteiger partial charge < -0.3 is 9.64 Å². The van der Waals surface area contributed by atoms with E-state index in [-0.39, 0.29) is 6.04 Å². The lowest BCUT2D eigenvalue weighted by Gasteiger charge is -2.32. The van der Waals surface area contributed by atoms with Crippen LogP contribution in [0.3, 0.4) is 0 Å². The van der Waals surface area contributed by atoms with Gasteiger partial charge in [0.25, 0.3) is 0 Å². The predicted molar refractivity (Wildman–Crippen MR) is 95.3 cm³/mol. The fraction of sp³-hybridized carbons (Fsp3) is 1.00. The lowest BCUT2D eigenvalue weighted by atomic mass is 9.92. The Labute approximate surface area is 138 Å². The first-order chi connectivity index (χ1) is 10.4. The number of hydrogen-bond donors (Lipinski definition) is 0. The Morgan fingerprint density at radius 1 is 1.09 bits per heavy atom. The highest BCUT2D eigenvalue weighted by molar-refractivity contribution is 4.75. The largest absolute Gasteiger partial charge is 0.381 e. The van der Waals surface area contributed by atoms with Crippen LogP contribution in [-0.2, 0) is 4.74 Å². The minimum atomic E-state index is 0.185. The molecule has 0 radical (unpaired) electrons. The molecule has 4 heteroatoms. The molecule has 0 aromatic heterocycles. The van der Waals surface area contributed by atoms with E-state index >= 15 is 0 Å². The predicted octanol–water partition coefficient (Wildman–Crippen LogP) is 4.86. The van der Waals surface area contributed by atoms with Crippen LogP contribution in [-0.4, -0.2) is 43.8 Å². The Balaban J connectivity index is 0.000000457. The molecule has 0 bridgehead atoms. The summed E-state index contributed by atoms with van der Waals surface area (Å²) < 4.78 is 5.36. The van der Waals surface area contributed by atoms with E-state index in [9.17, 15) is 4.91 Å². The van der Waals surface area contributed by atoms with Gasteiger partial charge in [0.2, 0.25) is 0 Å². The van der Waals surface area contributed by atoms with Gasteiger partial charge in [0.15, 0.2) is 0 Å². The highest BCUT2D eigenvalue weighted by atomic mass is 16.5. The van der Waals surface area contributed by atoms with Gasteiger partial charge >= 0.3 is 0 Å². The van der Waals surface area contributed by atoms with Crippen LogP contribution in [0.15, 0.2) is 5.18 Å². The molecule has 0 atom stereocenters. The molecule has 0 amide bonds. The van der Waals surface area contributed by atoms with E-state index in [0.717, 1.165) is 12.8 Å². The number of likely N-dealkylation sites (tertiary alicyclic amines) is 1. The van der Waals surface area contributed by atoms with Gasteiger partial charge in [-0.2, -0.15) is 4.91 Å². The number of methoxy groups -OCH3 is 1. The van der Waals surface area contributed by atoms with Crippen molar-refractivity contribution in [2.24, 2.45) is 10.6 Å². The quantitative estimate of drug-likeness (QED) is 0.695. The molecular weight excluding hydrogens is 276 g/mol. The Morgan fingerprint density at radius 3 is 1.91 bits per heavy atom. The number of rotatable bonds is 4. The monoisotopic (exact) mass is 314 g/mol. The zero-order valence-corrected chi connectivity index (χ0v) is 15.7. The maximum atomic E-state index is 9.54. The van der Waals surface area contributed by atoms with Crippen LogP contribution < -0.4 is 0 Å². The summed E-state index contributed by atoms with van der Waals surface area (Å²) in [5.41, 5.74) is 0.470. The molecule has 1 heterocycles. The van der Waals surface area contributed by atoms with Crippen molar-refractivity contribution in [2.75, 3.05) is 26.7 Å². The highest BCUT2D eigenvalue weighted by Crippen LogP contribution is 2.21. The Kier molecular flexibility index (Phi) is 11.7. The van der Waals surface area contributed by atoms with Gasteiger partial charge in [-0.05, 0) is 50.5 Å². The maximum Gasteiger partial charge on any atom is 0.0919 e. The van der Waals surface area contributed by atoms with E-state index in [2.05, 4.69) is 30.8 Å². The summed E-state index contributed by atoms with van der Waals surface area (Å²) in [6.45, 7) is 14.6. The van der Waals surface area contributed by atoms with Crippen LogP contribution in [0.4, 0.5) is 0 Å². The lowest BCUT2D eigenvalue weighted by molar-refractivity contribution is 0.0383. The minimum Gasteiger partial charge on any atom is -0.381 e. The van der Waals surface area contributed by atoms with Crippen molar-refractivity contribution in [3.8, 4) is 0 Å². The van der Waals surface area contributed by atoms with Gasteiger partial charge in [-0.1, -0.05) is 39.8 Å². The molecule has 0 spiro atoms. The van der Waals surface area contributed by atoms with Crippen LogP contribution in [0.2, 0.25) is 0 Å². The van der Waals surface area contributed by atoms with Gasteiger partial charge in [-0.3, -0.25) is 0 Å². The smallest absolute Gasteiger partial charge is 0.0919 e. The molecule has 0 aromatic rings. The Hall–Kier alpha value is -0.480. The molecule has 0 N–H and O–H groups in total. The van der Waals surface area contributed by atoms with Gasteiger partial charge in [-0.15, -0.1) is 0 Å². The van der Waals surface area contributed by atoms with Crippen molar-refractivity contribution >= 4 is 0 Å². The molecule has 1 aliphatic heterocycles. The number of nitroso groups, excluding NO2 is 1. The first kappa shape index (κ1) is 21.5. The van der Waals surface area contributed by atoms with Crippen molar-refractivity contribution < 1.29 is 4.74 Å². The molecule has 4 nitrogen and oxygen atoms in total. The molecule has 0 unspecified atom stereocenters. The summed E-state index contributed by atoms with van der Waals surface area (Å²) in [7, 11) is 1.83. The van der Waals surface area contributed by atoms with Crippen molar-refractivity contribution in [1.82, 2.24) is 4.90 Å². The third kappa shape index (κ3) is 10.3. The van der Waals surface area contributed by atoms with Gasteiger partial charge in [0.05, 0.1) is 12.1 Å². The molecule has 2 fully saturated rings. The molecule has 2 rings (SSSR count). The molecule has 1 aliphatic carbocycles. The second-order valence-electron chi connectivity index (χ2n) is 7.28. The number of hydrogen-bond acceptors (Lipinski definition) is 4. The highest BCUT2D eigenvalue weighted by Gasteiger charge is 2.20. The van der Waals surface area contributed by atoms with E-state index in [0.29, 0.717) is 11.5 Å². The Morgan fingerprint density at radius 2 is 1.64 bits per heavy atom. The number of ether oxygens (including phenoxy) is 1. The summed E-state index contributed by atoms with van der Waals surface area (Å²) in [5.74, 6) is 0. The van der Waals surface area contributed by atoms with Crippen LogP contribution in [0, 0.1) is 10.3 Å². The minimum absolute atomic E-state index is 0.185. The first-order valence-corrected chi connectivity index (χ1v) is 9.02. The summed E-state index contributed by atoms with van der Waals surface area (Å²) in [6.07, 6.45) is 7.50. The second-order valence-corrected chi connectivity index (χ2v) is 7.28. The molecule has 132 valence electrons. The fourth-order valence-electron chi connectivity index (χ4n) is 2.35. The maximum absolute atomic E-state index is 9.54.